The summed E-state index contributed by atoms with van der Waals surface area (Å²) in [6, 6.07) is 20.6. The van der Waals surface area contributed by atoms with E-state index < -0.39 is 0 Å². The molecular weight excluding hydrogens is 424 g/mol. The van der Waals surface area contributed by atoms with Gasteiger partial charge in [0.2, 0.25) is 5.91 Å². The lowest BCUT2D eigenvalue weighted by Gasteiger charge is -2.29. The smallest absolute Gasteiger partial charge is 0.258 e. The second kappa shape index (κ2) is 10.8. The molecular formula is C26H27ClN2O3. The molecule has 5 nitrogen and oxygen atoms in total. The van der Waals surface area contributed by atoms with Crippen LogP contribution in [0.3, 0.4) is 0 Å². The molecule has 0 aliphatic carbocycles. The lowest BCUT2D eigenvalue weighted by atomic mass is 10.0. The lowest BCUT2D eigenvalue weighted by molar-refractivity contribution is -0.114. The van der Waals surface area contributed by atoms with Crippen LogP contribution in [0.15, 0.2) is 66.7 Å². The first-order valence-electron chi connectivity index (χ1n) is 10.5. The van der Waals surface area contributed by atoms with Gasteiger partial charge in [-0.2, -0.15) is 0 Å². The van der Waals surface area contributed by atoms with Crippen LogP contribution >= 0.6 is 11.6 Å². The van der Waals surface area contributed by atoms with Crippen LogP contribution < -0.4 is 15.0 Å². The number of hydrogen-bond acceptors (Lipinski definition) is 3. The van der Waals surface area contributed by atoms with Gasteiger partial charge in [-0.3, -0.25) is 9.59 Å². The summed E-state index contributed by atoms with van der Waals surface area (Å²) in [5, 5.41) is 3.41. The van der Waals surface area contributed by atoms with Crippen molar-refractivity contribution in [3.63, 3.8) is 0 Å². The van der Waals surface area contributed by atoms with Gasteiger partial charge in [-0.05, 0) is 79.9 Å². The summed E-state index contributed by atoms with van der Waals surface area (Å²) < 4.78 is 5.12. The van der Waals surface area contributed by atoms with Crippen molar-refractivity contribution in [3.05, 3.63) is 88.4 Å². The van der Waals surface area contributed by atoms with Crippen LogP contribution in [0.4, 0.5) is 11.4 Å². The fourth-order valence-corrected chi connectivity index (χ4v) is 3.70. The minimum absolute atomic E-state index is 0.0147. The van der Waals surface area contributed by atoms with Crippen LogP contribution in [-0.4, -0.2) is 25.5 Å². The van der Waals surface area contributed by atoms with Gasteiger partial charge < -0.3 is 15.0 Å². The number of halogens is 1. The Morgan fingerprint density at radius 1 is 1.00 bits per heavy atom. The SMILES string of the molecule is CC(=O)Nc1ccc(C)cc1.COc1ccc(C(=O)N2CCCc3cc(Cl)ccc32)cc1. The molecule has 1 heterocycles. The van der Waals surface area contributed by atoms with Crippen LogP contribution in [0.1, 0.15) is 34.8 Å². The molecule has 0 aromatic heterocycles. The van der Waals surface area contributed by atoms with Gasteiger partial charge >= 0.3 is 0 Å². The van der Waals surface area contributed by atoms with Crippen LogP contribution in [0.25, 0.3) is 0 Å². The third-order valence-corrected chi connectivity index (χ3v) is 5.35. The zero-order valence-electron chi connectivity index (χ0n) is 18.5. The largest absolute Gasteiger partial charge is 0.497 e. The summed E-state index contributed by atoms with van der Waals surface area (Å²) in [6.07, 6.45) is 1.91. The maximum Gasteiger partial charge on any atom is 0.258 e. The number of fused-ring (bicyclic) bond motifs is 1. The fraction of sp³-hybridized carbons (Fsp3) is 0.231. The maximum absolute atomic E-state index is 12.7. The van der Waals surface area contributed by atoms with Crippen molar-refractivity contribution in [2.75, 3.05) is 23.9 Å². The molecule has 1 aliphatic heterocycles. The van der Waals surface area contributed by atoms with Crippen LogP contribution in [0, 0.1) is 6.92 Å². The summed E-state index contributed by atoms with van der Waals surface area (Å²) in [6.45, 7) is 4.25. The van der Waals surface area contributed by atoms with E-state index in [0.29, 0.717) is 10.6 Å². The van der Waals surface area contributed by atoms with Crippen LogP contribution in [-0.2, 0) is 11.2 Å². The van der Waals surface area contributed by atoms with Crippen LogP contribution in [0.2, 0.25) is 5.02 Å². The first kappa shape index (κ1) is 23.4. The molecule has 1 aliphatic rings. The molecule has 6 heteroatoms. The number of rotatable bonds is 3. The van der Waals surface area contributed by atoms with Crippen molar-refractivity contribution >= 4 is 34.8 Å². The molecule has 3 aromatic rings. The van der Waals surface area contributed by atoms with E-state index in [4.69, 9.17) is 16.3 Å². The normalized spacial score (nSPS) is 12.2. The monoisotopic (exact) mass is 450 g/mol. The molecule has 4 rings (SSSR count). The van der Waals surface area contributed by atoms with E-state index in [1.54, 1.807) is 31.4 Å². The number of carbonyl (C=O) groups is 2. The number of hydrogen-bond donors (Lipinski definition) is 1. The second-order valence-electron chi connectivity index (χ2n) is 7.61. The van der Waals surface area contributed by atoms with E-state index in [9.17, 15) is 9.59 Å². The zero-order chi connectivity index (χ0) is 23.1. The number of aryl methyl sites for hydroxylation is 2. The Balaban J connectivity index is 0.000000222. The molecule has 166 valence electrons. The molecule has 3 aromatic carbocycles. The van der Waals surface area contributed by atoms with Gasteiger partial charge in [0.05, 0.1) is 7.11 Å². The minimum atomic E-state index is -0.0335. The van der Waals surface area contributed by atoms with Gasteiger partial charge in [0.1, 0.15) is 5.75 Å². The summed E-state index contributed by atoms with van der Waals surface area (Å²) in [4.78, 5) is 25.1. The third kappa shape index (κ3) is 6.11. The highest BCUT2D eigenvalue weighted by molar-refractivity contribution is 6.30. The van der Waals surface area contributed by atoms with Crippen LogP contribution in [0.5, 0.6) is 5.75 Å². The number of ether oxygens (including phenoxy) is 1. The van der Waals surface area contributed by atoms with E-state index in [-0.39, 0.29) is 11.8 Å². The van der Waals surface area contributed by atoms with Crippen molar-refractivity contribution in [2.45, 2.75) is 26.7 Å². The maximum atomic E-state index is 12.7. The van der Waals surface area contributed by atoms with E-state index >= 15 is 0 Å². The topological polar surface area (TPSA) is 58.6 Å². The Labute approximate surface area is 194 Å². The third-order valence-electron chi connectivity index (χ3n) is 5.11. The van der Waals surface area contributed by atoms with E-state index in [1.807, 2.05) is 54.3 Å². The number of amides is 2. The minimum Gasteiger partial charge on any atom is -0.497 e. The van der Waals surface area contributed by atoms with Gasteiger partial charge in [-0.25, -0.2) is 0 Å². The molecule has 0 unspecified atom stereocenters. The number of anilines is 2. The number of methoxy groups -OCH3 is 1. The van der Waals surface area contributed by atoms with Crippen molar-refractivity contribution in [1.82, 2.24) is 0 Å². The zero-order valence-corrected chi connectivity index (χ0v) is 19.3. The number of nitrogens with one attached hydrogen (secondary N) is 1. The van der Waals surface area contributed by atoms with Crippen molar-refractivity contribution in [1.29, 1.82) is 0 Å². The summed E-state index contributed by atoms with van der Waals surface area (Å²) in [7, 11) is 1.61. The average Bonchev–Trinajstić information content (AvgIpc) is 2.80. The number of benzene rings is 3. The lowest BCUT2D eigenvalue weighted by Crippen LogP contribution is -2.35. The van der Waals surface area contributed by atoms with Gasteiger partial charge in [0.15, 0.2) is 0 Å². The highest BCUT2D eigenvalue weighted by Crippen LogP contribution is 2.30. The molecule has 0 radical (unpaired) electrons. The van der Waals surface area contributed by atoms with Gasteiger partial charge in [-0.15, -0.1) is 0 Å². The van der Waals surface area contributed by atoms with E-state index in [2.05, 4.69) is 5.32 Å². The molecule has 0 spiro atoms. The predicted octanol–water partition coefficient (Wildman–Crippen LogP) is 5.90. The Hall–Kier alpha value is -3.31. The first-order chi connectivity index (χ1) is 15.4. The Bertz CT molecular complexity index is 1080. The number of carbonyl (C=O) groups excluding carboxylic acids is 2. The highest BCUT2D eigenvalue weighted by atomic mass is 35.5. The summed E-state index contributed by atoms with van der Waals surface area (Å²) >= 11 is 6.04. The summed E-state index contributed by atoms with van der Waals surface area (Å²) in [5.41, 5.74) is 4.81. The molecule has 0 fully saturated rings. The summed E-state index contributed by atoms with van der Waals surface area (Å²) in [5.74, 6) is 0.729. The Kier molecular flexibility index (Phi) is 7.90. The van der Waals surface area contributed by atoms with Gasteiger partial charge in [0.25, 0.3) is 5.91 Å². The Morgan fingerprint density at radius 2 is 1.69 bits per heavy atom. The molecule has 0 bridgehead atoms. The van der Waals surface area contributed by atoms with Crippen molar-refractivity contribution < 1.29 is 14.3 Å². The van der Waals surface area contributed by atoms with Crippen molar-refractivity contribution in [2.24, 2.45) is 0 Å². The molecule has 0 saturated heterocycles. The Morgan fingerprint density at radius 3 is 2.31 bits per heavy atom. The highest BCUT2D eigenvalue weighted by Gasteiger charge is 2.23. The fourth-order valence-electron chi connectivity index (χ4n) is 3.51. The molecule has 32 heavy (non-hydrogen) atoms. The predicted molar refractivity (Wildman–Crippen MR) is 130 cm³/mol. The quantitative estimate of drug-likeness (QED) is 0.540. The number of nitrogens with zero attached hydrogens (tertiary/aromatic N) is 1. The van der Waals surface area contributed by atoms with Crippen molar-refractivity contribution in [3.8, 4) is 5.75 Å². The molecule has 0 atom stereocenters. The molecule has 1 N–H and O–H groups in total. The average molecular weight is 451 g/mol. The van der Waals surface area contributed by atoms with Gasteiger partial charge in [-0.1, -0.05) is 29.3 Å². The molecule has 0 saturated carbocycles. The standard InChI is InChI=1S/C17H16ClNO2.C9H11NO/c1-21-15-7-4-12(5-8-15)17(20)19-10-2-3-13-11-14(18)6-9-16(13)19;1-7-3-5-9(6-4-7)10-8(2)11/h4-9,11H,2-3,10H2,1H3;3-6H,1-2H3,(H,10,11). The van der Waals surface area contributed by atoms with Gasteiger partial charge in [0, 0.05) is 35.4 Å². The molecule has 2 amide bonds. The second-order valence-corrected chi connectivity index (χ2v) is 8.05. The van der Waals surface area contributed by atoms with E-state index in [1.165, 1.54) is 12.5 Å². The van der Waals surface area contributed by atoms with E-state index in [0.717, 1.165) is 42.1 Å². The first-order valence-corrected chi connectivity index (χ1v) is 10.8.